The number of hydrogen-bond acceptors (Lipinski definition) is 3. The Bertz CT molecular complexity index is 863. The van der Waals surface area contributed by atoms with Gasteiger partial charge in [0.25, 0.3) is 10.0 Å². The van der Waals surface area contributed by atoms with Crippen LogP contribution in [0.3, 0.4) is 0 Å². The second-order valence-electron chi connectivity index (χ2n) is 7.18. The van der Waals surface area contributed by atoms with Crippen LogP contribution in [-0.2, 0) is 20.9 Å². The van der Waals surface area contributed by atoms with Gasteiger partial charge in [0.05, 0.1) is 23.2 Å². The Balaban J connectivity index is 2.02. The lowest BCUT2D eigenvalue weighted by Gasteiger charge is -2.37. The highest BCUT2D eigenvalue weighted by molar-refractivity contribution is 7.92. The first kappa shape index (κ1) is 18.4. The van der Waals surface area contributed by atoms with Crippen molar-refractivity contribution >= 4 is 35.6 Å². The van der Waals surface area contributed by atoms with Gasteiger partial charge >= 0.3 is 0 Å². The lowest BCUT2D eigenvalue weighted by molar-refractivity contribution is 0.199. The molecule has 134 valence electrons. The third kappa shape index (κ3) is 4.08. The fourth-order valence-electron chi connectivity index (χ4n) is 3.06. The molecule has 0 bridgehead atoms. The van der Waals surface area contributed by atoms with E-state index in [4.69, 9.17) is 16.0 Å². The van der Waals surface area contributed by atoms with Crippen molar-refractivity contribution in [2.75, 3.05) is 10.8 Å². The van der Waals surface area contributed by atoms with Crippen LogP contribution in [0.2, 0.25) is 24.7 Å². The van der Waals surface area contributed by atoms with Crippen molar-refractivity contribution in [3.63, 3.8) is 0 Å². The molecule has 1 aliphatic heterocycles. The van der Waals surface area contributed by atoms with Gasteiger partial charge in [0.2, 0.25) is 0 Å². The van der Waals surface area contributed by atoms with Crippen molar-refractivity contribution < 1.29 is 12.8 Å². The molecule has 0 radical (unpaired) electrons. The average Bonchev–Trinajstić information content (AvgIpc) is 2.53. The predicted molar refractivity (Wildman–Crippen MR) is 104 cm³/mol. The van der Waals surface area contributed by atoms with Gasteiger partial charge in [-0.25, -0.2) is 8.42 Å². The van der Waals surface area contributed by atoms with E-state index >= 15 is 0 Å². The summed E-state index contributed by atoms with van der Waals surface area (Å²) >= 11 is 5.90. The average molecular weight is 396 g/mol. The first-order valence-corrected chi connectivity index (χ1v) is 13.4. The number of para-hydroxylation sites is 1. The van der Waals surface area contributed by atoms with E-state index in [-0.39, 0.29) is 11.0 Å². The zero-order valence-corrected chi connectivity index (χ0v) is 17.1. The number of benzene rings is 2. The Kier molecular flexibility index (Phi) is 4.99. The molecule has 0 amide bonds. The molecule has 4 nitrogen and oxygen atoms in total. The van der Waals surface area contributed by atoms with Crippen LogP contribution in [0.4, 0.5) is 5.69 Å². The fourth-order valence-corrected chi connectivity index (χ4v) is 5.88. The lowest BCUT2D eigenvalue weighted by atomic mass is 10.0. The Morgan fingerprint density at radius 1 is 1.08 bits per heavy atom. The van der Waals surface area contributed by atoms with Crippen molar-refractivity contribution in [1.82, 2.24) is 0 Å². The quantitative estimate of drug-likeness (QED) is 0.724. The molecule has 25 heavy (non-hydrogen) atoms. The minimum Gasteiger partial charge on any atom is -0.413 e. The van der Waals surface area contributed by atoms with Gasteiger partial charge in [0.15, 0.2) is 8.32 Å². The summed E-state index contributed by atoms with van der Waals surface area (Å²) in [6.45, 7) is 6.68. The van der Waals surface area contributed by atoms with E-state index < -0.39 is 18.3 Å². The Labute approximate surface area is 155 Å². The monoisotopic (exact) mass is 395 g/mol. The maximum Gasteiger partial charge on any atom is 0.264 e. The van der Waals surface area contributed by atoms with E-state index in [1.807, 2.05) is 24.3 Å². The fraction of sp³-hybridized carbons (Fsp3) is 0.333. The molecule has 2 aromatic rings. The second kappa shape index (κ2) is 6.76. The van der Waals surface area contributed by atoms with E-state index in [1.54, 1.807) is 24.3 Å². The number of hydrogen-bond donors (Lipinski definition) is 0. The summed E-state index contributed by atoms with van der Waals surface area (Å²) in [7, 11) is -5.45. The Morgan fingerprint density at radius 3 is 2.36 bits per heavy atom. The maximum atomic E-state index is 13.2. The third-order valence-electron chi connectivity index (χ3n) is 4.00. The zero-order valence-electron chi connectivity index (χ0n) is 14.6. The molecule has 0 spiro atoms. The molecular weight excluding hydrogens is 374 g/mol. The van der Waals surface area contributed by atoms with Crippen LogP contribution in [0, 0.1) is 0 Å². The first-order chi connectivity index (χ1) is 11.7. The molecule has 0 saturated carbocycles. The molecule has 1 atom stereocenters. The number of nitrogens with zero attached hydrogens (tertiary/aromatic N) is 1. The van der Waals surface area contributed by atoms with Crippen LogP contribution >= 0.6 is 11.6 Å². The third-order valence-corrected chi connectivity index (χ3v) is 7.09. The molecule has 0 fully saturated rings. The van der Waals surface area contributed by atoms with Gasteiger partial charge < -0.3 is 4.43 Å². The molecular formula is C18H22ClNO3SSi. The highest BCUT2D eigenvalue weighted by Gasteiger charge is 2.35. The summed E-state index contributed by atoms with van der Waals surface area (Å²) in [5, 5.41) is 0.512. The lowest BCUT2D eigenvalue weighted by Crippen LogP contribution is -2.46. The molecule has 0 aliphatic carbocycles. The second-order valence-corrected chi connectivity index (χ2v) is 13.9. The van der Waals surface area contributed by atoms with Crippen LogP contribution in [0.1, 0.15) is 5.56 Å². The van der Waals surface area contributed by atoms with Crippen molar-refractivity contribution in [3.8, 4) is 0 Å². The summed E-state index contributed by atoms with van der Waals surface area (Å²) in [4.78, 5) is 0.236. The Hall–Kier alpha value is -1.34. The standard InChI is InChI=1S/C18H22ClNO3SSi/c1-25(2,3)23-16-12-14-6-4-5-7-18(14)20(13-16)24(21,22)17-10-8-15(19)9-11-17/h4-11,16H,12-13H2,1-3H3/t16-/m0/s1. The molecule has 2 aromatic carbocycles. The van der Waals surface area contributed by atoms with Crippen molar-refractivity contribution in [1.29, 1.82) is 0 Å². The van der Waals surface area contributed by atoms with E-state index in [9.17, 15) is 8.42 Å². The van der Waals surface area contributed by atoms with Crippen LogP contribution < -0.4 is 4.31 Å². The number of rotatable bonds is 4. The van der Waals surface area contributed by atoms with E-state index in [1.165, 1.54) is 4.31 Å². The van der Waals surface area contributed by atoms with Gasteiger partial charge in [0.1, 0.15) is 0 Å². The van der Waals surface area contributed by atoms with Crippen LogP contribution in [-0.4, -0.2) is 29.4 Å². The van der Waals surface area contributed by atoms with Crippen molar-refractivity contribution in [2.24, 2.45) is 0 Å². The van der Waals surface area contributed by atoms with Gasteiger partial charge in [0, 0.05) is 11.4 Å². The van der Waals surface area contributed by atoms with Crippen LogP contribution in [0.15, 0.2) is 53.4 Å². The van der Waals surface area contributed by atoms with Gasteiger partial charge in [-0.1, -0.05) is 29.8 Å². The van der Waals surface area contributed by atoms with Gasteiger partial charge in [-0.05, 0) is 55.5 Å². The topological polar surface area (TPSA) is 46.6 Å². The normalized spacial score (nSPS) is 18.1. The maximum absolute atomic E-state index is 13.2. The number of anilines is 1. The number of sulfonamides is 1. The highest BCUT2D eigenvalue weighted by atomic mass is 35.5. The molecule has 0 saturated heterocycles. The SMILES string of the molecule is C[Si](C)(C)O[C@H]1Cc2ccccc2N(S(=O)(=O)c2ccc(Cl)cc2)C1. The van der Waals surface area contributed by atoms with Gasteiger partial charge in [-0.15, -0.1) is 0 Å². The minimum absolute atomic E-state index is 0.136. The summed E-state index contributed by atoms with van der Waals surface area (Å²) < 4.78 is 34.1. The zero-order chi connectivity index (χ0) is 18.2. The molecule has 0 unspecified atom stereocenters. The Morgan fingerprint density at radius 2 is 1.72 bits per heavy atom. The minimum atomic E-state index is -3.67. The highest BCUT2D eigenvalue weighted by Crippen LogP contribution is 2.33. The van der Waals surface area contributed by atoms with Crippen LogP contribution in [0.5, 0.6) is 0 Å². The van der Waals surface area contributed by atoms with E-state index in [0.29, 0.717) is 11.6 Å². The van der Waals surface area contributed by atoms with Crippen LogP contribution in [0.25, 0.3) is 0 Å². The van der Waals surface area contributed by atoms with Gasteiger partial charge in [-0.2, -0.15) is 0 Å². The largest absolute Gasteiger partial charge is 0.413 e. The summed E-state index contributed by atoms with van der Waals surface area (Å²) in [6.07, 6.45) is 0.594. The van der Waals surface area contributed by atoms with Gasteiger partial charge in [-0.3, -0.25) is 4.31 Å². The molecule has 7 heteroatoms. The van der Waals surface area contributed by atoms with Crippen molar-refractivity contribution in [2.45, 2.75) is 37.1 Å². The van der Waals surface area contributed by atoms with Crippen molar-refractivity contribution in [3.05, 3.63) is 59.1 Å². The number of fused-ring (bicyclic) bond motifs is 1. The molecule has 1 aliphatic rings. The molecule has 0 N–H and O–H groups in total. The summed E-state index contributed by atoms with van der Waals surface area (Å²) in [5.41, 5.74) is 1.72. The molecule has 1 heterocycles. The first-order valence-electron chi connectivity index (χ1n) is 8.21. The molecule has 3 rings (SSSR count). The summed E-state index contributed by atoms with van der Waals surface area (Å²) in [5.74, 6) is 0. The van der Waals surface area contributed by atoms with E-state index in [0.717, 1.165) is 17.7 Å². The van der Waals surface area contributed by atoms with E-state index in [2.05, 4.69) is 19.6 Å². The number of halogens is 1. The molecule has 0 aromatic heterocycles. The summed E-state index contributed by atoms with van der Waals surface area (Å²) in [6, 6.07) is 13.9. The predicted octanol–water partition coefficient (Wildman–Crippen LogP) is 4.31. The smallest absolute Gasteiger partial charge is 0.264 e.